The van der Waals surface area contributed by atoms with Gasteiger partial charge in [-0.15, -0.1) is 0 Å². The number of quaternary nitrogens is 1. The maximum Gasteiger partial charge on any atom is 0.286 e. The van der Waals surface area contributed by atoms with Crippen LogP contribution in [0.25, 0.3) is 6.08 Å². The molecule has 0 saturated carbocycles. The number of benzene rings is 2. The minimum Gasteiger partial charge on any atom is -0.870 e. The third-order valence-electron chi connectivity index (χ3n) is 5.16. The first kappa shape index (κ1) is 19.5. The van der Waals surface area contributed by atoms with E-state index < -0.39 is 0 Å². The Kier molecular flexibility index (Phi) is 5.60. The maximum absolute atomic E-state index is 12.4. The number of amides is 1. The van der Waals surface area contributed by atoms with E-state index in [0.717, 1.165) is 36.9 Å². The summed E-state index contributed by atoms with van der Waals surface area (Å²) in [7, 11) is 1.46. The molecule has 29 heavy (non-hydrogen) atoms. The van der Waals surface area contributed by atoms with Gasteiger partial charge in [0.2, 0.25) is 0 Å². The highest BCUT2D eigenvalue weighted by Crippen LogP contribution is 2.32. The van der Waals surface area contributed by atoms with E-state index in [1.807, 2.05) is 0 Å². The number of carbonyl (C=O) groups is 1. The van der Waals surface area contributed by atoms with Gasteiger partial charge in [0.1, 0.15) is 11.4 Å². The van der Waals surface area contributed by atoms with Gasteiger partial charge in [-0.1, -0.05) is 30.0 Å². The van der Waals surface area contributed by atoms with Crippen LogP contribution in [0.2, 0.25) is 0 Å². The van der Waals surface area contributed by atoms with Crippen molar-refractivity contribution in [3.05, 3.63) is 58.5 Å². The normalized spacial score (nSPS) is 19.0. The van der Waals surface area contributed by atoms with E-state index in [1.54, 1.807) is 18.2 Å². The Morgan fingerprint density at radius 1 is 1.21 bits per heavy atom. The number of aryl methyl sites for hydroxylation is 1. The number of nitrogens with one attached hydrogen (secondary N) is 1. The molecule has 0 aromatic heterocycles. The lowest BCUT2D eigenvalue weighted by molar-refractivity contribution is -0.837. The predicted octanol–water partition coefficient (Wildman–Crippen LogP) is 1.58. The number of ether oxygens (including phenoxy) is 1. The lowest BCUT2D eigenvalue weighted by Crippen LogP contribution is -3.10. The molecule has 0 radical (unpaired) electrons. The van der Waals surface area contributed by atoms with E-state index in [2.05, 4.69) is 41.1 Å². The second-order valence-electron chi connectivity index (χ2n) is 7.18. The van der Waals surface area contributed by atoms with Crippen molar-refractivity contribution in [3.63, 3.8) is 0 Å². The molecule has 0 bridgehead atoms. The molecule has 2 heterocycles. The van der Waals surface area contributed by atoms with Crippen molar-refractivity contribution in [3.8, 4) is 11.5 Å². The van der Waals surface area contributed by atoms with Crippen molar-refractivity contribution < 1.29 is 19.5 Å². The van der Waals surface area contributed by atoms with Crippen LogP contribution in [0.4, 0.5) is 5.69 Å². The van der Waals surface area contributed by atoms with Gasteiger partial charge in [0.25, 0.3) is 5.91 Å². The van der Waals surface area contributed by atoms with Crippen molar-refractivity contribution in [1.82, 2.24) is 4.90 Å². The summed E-state index contributed by atoms with van der Waals surface area (Å²) in [5.74, 6) is -0.138. The summed E-state index contributed by atoms with van der Waals surface area (Å²) in [6.07, 6.45) is 1.76. The number of methoxy groups -OCH3 is 1. The van der Waals surface area contributed by atoms with E-state index >= 15 is 0 Å². The minimum atomic E-state index is -0.233. The standard InChI is InChI=1S/C22H23N3O3S/c1-15-4-3-5-17(12-15)24-8-10-25(11-9-24)22-23-21(27)20(29-22)14-16-6-7-18(26)19(13-16)28-2/h3-7,12-14,26H,8-11H2,1-2H3. The SMILES string of the molecule is COc1cc(C=C2SC(N3CC[NH+](c4cccc(C)c4)CC3)=NC2=O)ccc1[O-]. The summed E-state index contributed by atoms with van der Waals surface area (Å²) in [5.41, 5.74) is 3.34. The Morgan fingerprint density at radius 3 is 2.72 bits per heavy atom. The van der Waals surface area contributed by atoms with Crippen LogP contribution in [-0.2, 0) is 4.79 Å². The summed E-state index contributed by atoms with van der Waals surface area (Å²) in [4.78, 5) is 20.8. The highest BCUT2D eigenvalue weighted by Gasteiger charge is 2.30. The molecule has 0 aliphatic carbocycles. The number of carbonyl (C=O) groups excluding carboxylic acids is 1. The summed E-state index contributed by atoms with van der Waals surface area (Å²) >= 11 is 1.40. The largest absolute Gasteiger partial charge is 0.870 e. The molecule has 1 amide bonds. The molecular weight excluding hydrogens is 386 g/mol. The molecule has 0 unspecified atom stereocenters. The topological polar surface area (TPSA) is 69.4 Å². The molecule has 2 aromatic rings. The quantitative estimate of drug-likeness (QED) is 0.780. The maximum atomic E-state index is 12.4. The van der Waals surface area contributed by atoms with Gasteiger partial charge in [0, 0.05) is 6.07 Å². The van der Waals surface area contributed by atoms with Crippen LogP contribution >= 0.6 is 11.8 Å². The molecule has 1 N–H and O–H groups in total. The molecule has 6 nitrogen and oxygen atoms in total. The van der Waals surface area contributed by atoms with Gasteiger partial charge < -0.3 is 14.7 Å². The van der Waals surface area contributed by atoms with E-state index in [-0.39, 0.29) is 17.4 Å². The van der Waals surface area contributed by atoms with Gasteiger partial charge in [-0.05, 0) is 48.0 Å². The third kappa shape index (κ3) is 4.31. The Hall–Kier alpha value is -2.77. The molecule has 2 aromatic carbocycles. The molecule has 1 fully saturated rings. The number of aliphatic imine (C=N–C) groups is 1. The van der Waals surface area contributed by atoms with Crippen LogP contribution in [0.1, 0.15) is 11.1 Å². The van der Waals surface area contributed by atoms with Gasteiger partial charge in [-0.2, -0.15) is 4.99 Å². The second kappa shape index (κ2) is 8.31. The van der Waals surface area contributed by atoms with E-state index in [4.69, 9.17) is 4.74 Å². The molecule has 150 valence electrons. The zero-order valence-corrected chi connectivity index (χ0v) is 17.3. The van der Waals surface area contributed by atoms with Crippen LogP contribution in [0.5, 0.6) is 11.5 Å². The number of rotatable bonds is 3. The fourth-order valence-corrected chi connectivity index (χ4v) is 4.55. The molecule has 2 aliphatic rings. The highest BCUT2D eigenvalue weighted by molar-refractivity contribution is 8.18. The third-order valence-corrected chi connectivity index (χ3v) is 6.20. The second-order valence-corrected chi connectivity index (χ2v) is 8.19. The van der Waals surface area contributed by atoms with Gasteiger partial charge in [-0.3, -0.25) is 9.69 Å². The van der Waals surface area contributed by atoms with Gasteiger partial charge in [0.05, 0.1) is 38.2 Å². The smallest absolute Gasteiger partial charge is 0.286 e. The Balaban J connectivity index is 1.41. The lowest BCUT2D eigenvalue weighted by atomic mass is 10.2. The van der Waals surface area contributed by atoms with Crippen LogP contribution in [-0.4, -0.2) is 49.3 Å². The average molecular weight is 410 g/mol. The van der Waals surface area contributed by atoms with Crippen molar-refractivity contribution in [2.75, 3.05) is 33.3 Å². The van der Waals surface area contributed by atoms with Crippen molar-refractivity contribution in [2.45, 2.75) is 6.92 Å². The molecule has 0 spiro atoms. The first-order chi connectivity index (χ1) is 14.0. The van der Waals surface area contributed by atoms with Gasteiger partial charge in [0.15, 0.2) is 5.17 Å². The summed E-state index contributed by atoms with van der Waals surface area (Å²) < 4.78 is 5.07. The van der Waals surface area contributed by atoms with Crippen LogP contribution in [0.15, 0.2) is 52.4 Å². The summed E-state index contributed by atoms with van der Waals surface area (Å²) in [5, 5.41) is 12.4. The molecule has 0 atom stereocenters. The number of piperazine rings is 1. The summed E-state index contributed by atoms with van der Waals surface area (Å²) in [6.45, 7) is 5.77. The monoisotopic (exact) mass is 409 g/mol. The Labute approximate surface area is 174 Å². The summed E-state index contributed by atoms with van der Waals surface area (Å²) in [6, 6.07) is 13.4. The number of nitrogens with zero attached hydrogens (tertiary/aromatic N) is 2. The fraction of sp³-hybridized carbons (Fsp3) is 0.273. The van der Waals surface area contributed by atoms with E-state index in [0.29, 0.717) is 4.91 Å². The number of hydrogen-bond acceptors (Lipinski definition) is 5. The number of hydrogen-bond donors (Lipinski definition) is 1. The molecule has 1 saturated heterocycles. The van der Waals surface area contributed by atoms with Gasteiger partial charge >= 0.3 is 0 Å². The van der Waals surface area contributed by atoms with Crippen molar-refractivity contribution in [1.29, 1.82) is 0 Å². The zero-order chi connectivity index (χ0) is 20.4. The Bertz CT molecular complexity index is 995. The fourth-order valence-electron chi connectivity index (χ4n) is 3.58. The number of thioether (sulfide) groups is 1. The van der Waals surface area contributed by atoms with E-state index in [1.165, 1.54) is 41.1 Å². The first-order valence-electron chi connectivity index (χ1n) is 9.58. The number of amidine groups is 1. The van der Waals surface area contributed by atoms with Crippen molar-refractivity contribution >= 4 is 34.6 Å². The van der Waals surface area contributed by atoms with Crippen molar-refractivity contribution in [2.24, 2.45) is 4.99 Å². The molecule has 4 rings (SSSR count). The molecule has 7 heteroatoms. The Morgan fingerprint density at radius 2 is 2.00 bits per heavy atom. The predicted molar refractivity (Wildman–Crippen MR) is 114 cm³/mol. The van der Waals surface area contributed by atoms with Gasteiger partial charge in [-0.25, -0.2) is 0 Å². The van der Waals surface area contributed by atoms with E-state index in [9.17, 15) is 9.90 Å². The zero-order valence-electron chi connectivity index (χ0n) is 16.5. The molecule has 2 aliphatic heterocycles. The molecular formula is C22H23N3O3S. The highest BCUT2D eigenvalue weighted by atomic mass is 32.2. The minimum absolute atomic E-state index is 0.175. The lowest BCUT2D eigenvalue weighted by Gasteiger charge is -2.32. The average Bonchev–Trinajstić information content (AvgIpc) is 3.10. The van der Waals surface area contributed by atoms with Crippen LogP contribution in [0, 0.1) is 6.92 Å². The van der Waals surface area contributed by atoms with Crippen LogP contribution < -0.4 is 14.7 Å². The first-order valence-corrected chi connectivity index (χ1v) is 10.4. The van der Waals surface area contributed by atoms with Crippen LogP contribution in [0.3, 0.4) is 0 Å².